The van der Waals surface area contributed by atoms with Crippen molar-refractivity contribution in [3.63, 3.8) is 0 Å². The summed E-state index contributed by atoms with van der Waals surface area (Å²) in [5.41, 5.74) is 1.14. The van der Waals surface area contributed by atoms with Gasteiger partial charge in [0.1, 0.15) is 0 Å². The van der Waals surface area contributed by atoms with Gasteiger partial charge >= 0.3 is 0 Å². The predicted octanol–water partition coefficient (Wildman–Crippen LogP) is 2.06. The minimum absolute atomic E-state index is 0.294. The van der Waals surface area contributed by atoms with E-state index in [1.54, 1.807) is 0 Å². The van der Waals surface area contributed by atoms with Gasteiger partial charge in [-0.3, -0.25) is 0 Å². The second-order valence-electron chi connectivity index (χ2n) is 4.26. The third-order valence-corrected chi connectivity index (χ3v) is 3.88. The molecule has 0 amide bonds. The normalized spacial score (nSPS) is 20.5. The van der Waals surface area contributed by atoms with Gasteiger partial charge in [-0.05, 0) is 26.0 Å². The second-order valence-corrected chi connectivity index (χ2v) is 5.40. The van der Waals surface area contributed by atoms with Gasteiger partial charge in [0.25, 0.3) is 0 Å². The quantitative estimate of drug-likeness (QED) is 0.835. The van der Waals surface area contributed by atoms with Crippen molar-refractivity contribution in [1.29, 1.82) is 0 Å². The molecule has 1 aliphatic heterocycles. The highest BCUT2D eigenvalue weighted by Crippen LogP contribution is 2.19. The van der Waals surface area contributed by atoms with E-state index in [1.165, 1.54) is 0 Å². The van der Waals surface area contributed by atoms with Crippen molar-refractivity contribution in [3.05, 3.63) is 42.2 Å². The number of hydrogen-bond donors (Lipinski definition) is 0. The van der Waals surface area contributed by atoms with Gasteiger partial charge in [0, 0.05) is 26.0 Å². The maximum Gasteiger partial charge on any atom is 0.224 e. The summed E-state index contributed by atoms with van der Waals surface area (Å²) in [5.74, 6) is 0. The lowest BCUT2D eigenvalue weighted by atomic mass is 10.2. The Bertz CT molecular complexity index is 459. The Balaban J connectivity index is 2.05. The lowest BCUT2D eigenvalue weighted by Crippen LogP contribution is -2.39. The average molecular weight is 266 g/mol. The fraction of sp³-hybridized carbons (Fsp3) is 0.385. The van der Waals surface area contributed by atoms with E-state index in [0.717, 1.165) is 12.1 Å². The van der Waals surface area contributed by atoms with Gasteiger partial charge in [0.05, 0.1) is 4.90 Å². The zero-order chi connectivity index (χ0) is 13.1. The van der Waals surface area contributed by atoms with Crippen molar-refractivity contribution in [3.8, 4) is 0 Å². The molecule has 2 atom stereocenters. The smallest absolute Gasteiger partial charge is 0.224 e. The summed E-state index contributed by atoms with van der Waals surface area (Å²) in [6.45, 7) is 4.85. The topological polar surface area (TPSA) is 32.8 Å². The molecule has 0 radical (unpaired) electrons. The van der Waals surface area contributed by atoms with Crippen LogP contribution in [0.1, 0.15) is 12.5 Å². The fourth-order valence-electron chi connectivity index (χ4n) is 1.74. The lowest BCUT2D eigenvalue weighted by molar-refractivity contribution is -0.000419. The molecular weight excluding hydrogens is 248 g/mol. The molecule has 1 heterocycles. The number of benzene rings is 1. The van der Waals surface area contributed by atoms with Gasteiger partial charge in [0.15, 0.2) is 11.1 Å². The van der Waals surface area contributed by atoms with Crippen LogP contribution in [0.25, 0.3) is 0 Å². The molecule has 1 aromatic carbocycles. The maximum atomic E-state index is 12.1. The Labute approximate surface area is 111 Å². The molecule has 1 aliphatic rings. The molecule has 2 unspecified atom stereocenters. The lowest BCUT2D eigenvalue weighted by Gasteiger charge is -2.28. The first-order chi connectivity index (χ1) is 8.61. The standard InChI is InChI=1S/C13H18N2O2S/c1-4-15-10-9-14(3)13(15)17-18(16)12-7-5-11(2)6-8-12/h5-10,13H,4H2,1-3H3. The van der Waals surface area contributed by atoms with Gasteiger partial charge < -0.3 is 9.80 Å². The van der Waals surface area contributed by atoms with E-state index in [9.17, 15) is 4.21 Å². The Morgan fingerprint density at radius 3 is 2.56 bits per heavy atom. The van der Waals surface area contributed by atoms with E-state index in [1.807, 2.05) is 67.4 Å². The molecule has 5 heteroatoms. The fourth-order valence-corrected chi connectivity index (χ4v) is 2.61. The molecule has 0 saturated carbocycles. The summed E-state index contributed by atoms with van der Waals surface area (Å²) >= 11 is -1.45. The van der Waals surface area contributed by atoms with Gasteiger partial charge in [-0.25, -0.2) is 8.39 Å². The van der Waals surface area contributed by atoms with E-state index < -0.39 is 11.1 Å². The number of hydrogen-bond acceptors (Lipinski definition) is 4. The molecular formula is C13H18N2O2S. The van der Waals surface area contributed by atoms with Gasteiger partial charge in [-0.15, -0.1) is 0 Å². The molecule has 18 heavy (non-hydrogen) atoms. The highest BCUT2D eigenvalue weighted by atomic mass is 32.2. The molecule has 0 N–H and O–H groups in total. The molecule has 0 aliphatic carbocycles. The zero-order valence-electron chi connectivity index (χ0n) is 10.9. The number of nitrogens with zero attached hydrogens (tertiary/aromatic N) is 2. The van der Waals surface area contributed by atoms with Gasteiger partial charge in [0.2, 0.25) is 6.35 Å². The minimum Gasteiger partial charge on any atom is -0.336 e. The van der Waals surface area contributed by atoms with E-state index in [-0.39, 0.29) is 6.35 Å². The van der Waals surface area contributed by atoms with Crippen LogP contribution in [0.3, 0.4) is 0 Å². The van der Waals surface area contributed by atoms with Crippen LogP contribution in [-0.4, -0.2) is 34.0 Å². The van der Waals surface area contributed by atoms with Crippen LogP contribution in [0.5, 0.6) is 0 Å². The van der Waals surface area contributed by atoms with E-state index in [0.29, 0.717) is 4.90 Å². The van der Waals surface area contributed by atoms with Crippen molar-refractivity contribution in [2.75, 3.05) is 13.6 Å². The predicted molar refractivity (Wildman–Crippen MR) is 71.7 cm³/mol. The van der Waals surface area contributed by atoms with E-state index in [4.69, 9.17) is 4.18 Å². The summed E-state index contributed by atoms with van der Waals surface area (Å²) in [5, 5.41) is 0. The zero-order valence-corrected chi connectivity index (χ0v) is 11.7. The Morgan fingerprint density at radius 2 is 1.94 bits per heavy atom. The second kappa shape index (κ2) is 5.54. The first-order valence-electron chi connectivity index (χ1n) is 5.93. The van der Waals surface area contributed by atoms with Crippen molar-refractivity contribution in [1.82, 2.24) is 9.80 Å². The van der Waals surface area contributed by atoms with Crippen LogP contribution in [0.2, 0.25) is 0 Å². The molecule has 0 fully saturated rings. The molecule has 0 spiro atoms. The first kappa shape index (κ1) is 13.1. The Morgan fingerprint density at radius 1 is 1.28 bits per heavy atom. The third-order valence-electron chi connectivity index (χ3n) is 2.88. The molecule has 0 saturated heterocycles. The van der Waals surface area contributed by atoms with Crippen LogP contribution in [-0.2, 0) is 15.3 Å². The summed E-state index contributed by atoms with van der Waals surface area (Å²) in [4.78, 5) is 4.58. The van der Waals surface area contributed by atoms with Gasteiger partial charge in [-0.1, -0.05) is 17.7 Å². The molecule has 0 bridgehead atoms. The Hall–Kier alpha value is -1.33. The molecule has 2 rings (SSSR count). The summed E-state index contributed by atoms with van der Waals surface area (Å²) in [7, 11) is 1.91. The SMILES string of the molecule is CCN1C=CN(C)C1OS(=O)c1ccc(C)cc1. The van der Waals surface area contributed by atoms with Crippen LogP contribution in [0, 0.1) is 6.92 Å². The van der Waals surface area contributed by atoms with Crippen molar-refractivity contribution < 1.29 is 8.39 Å². The van der Waals surface area contributed by atoms with Crippen LogP contribution in [0.4, 0.5) is 0 Å². The average Bonchev–Trinajstić information content (AvgIpc) is 2.71. The van der Waals surface area contributed by atoms with Crippen LogP contribution >= 0.6 is 0 Å². The van der Waals surface area contributed by atoms with Crippen molar-refractivity contribution >= 4 is 11.1 Å². The Kier molecular flexibility index (Phi) is 4.04. The number of aryl methyl sites for hydroxylation is 1. The largest absolute Gasteiger partial charge is 0.336 e. The molecule has 1 aromatic rings. The minimum atomic E-state index is -1.45. The van der Waals surface area contributed by atoms with E-state index >= 15 is 0 Å². The maximum absolute atomic E-state index is 12.1. The van der Waals surface area contributed by atoms with Crippen molar-refractivity contribution in [2.45, 2.75) is 25.1 Å². The molecule has 0 aromatic heterocycles. The monoisotopic (exact) mass is 266 g/mol. The summed E-state index contributed by atoms with van der Waals surface area (Å²) < 4.78 is 17.7. The van der Waals surface area contributed by atoms with E-state index in [2.05, 4.69) is 0 Å². The summed E-state index contributed by atoms with van der Waals surface area (Å²) in [6.07, 6.45) is 3.56. The van der Waals surface area contributed by atoms with Crippen LogP contribution in [0.15, 0.2) is 41.6 Å². The highest BCUT2D eigenvalue weighted by Gasteiger charge is 2.25. The van der Waals surface area contributed by atoms with Crippen molar-refractivity contribution in [2.24, 2.45) is 0 Å². The van der Waals surface area contributed by atoms with Gasteiger partial charge in [-0.2, -0.15) is 0 Å². The third kappa shape index (κ3) is 2.73. The summed E-state index contributed by atoms with van der Waals surface area (Å²) in [6, 6.07) is 7.55. The van der Waals surface area contributed by atoms with Crippen LogP contribution < -0.4 is 0 Å². The molecule has 4 nitrogen and oxygen atoms in total. The number of rotatable bonds is 4. The first-order valence-corrected chi connectivity index (χ1v) is 7.01. The highest BCUT2D eigenvalue weighted by molar-refractivity contribution is 7.80. The molecule has 98 valence electrons.